The molecule has 6 heteroatoms. The number of ether oxygens (including phenoxy) is 3. The smallest absolute Gasteiger partial charge is 0.231 e. The lowest BCUT2D eigenvalue weighted by Gasteiger charge is -2.08. The quantitative estimate of drug-likeness (QED) is 0.778. The van der Waals surface area contributed by atoms with Gasteiger partial charge in [0, 0.05) is 17.8 Å². The van der Waals surface area contributed by atoms with Crippen LogP contribution in [-0.4, -0.2) is 18.0 Å². The SMILES string of the molecule is CCOc1cccc(-n2cc(-c3ccc4c(c3)OCO4)c(C#N)c2N)c1. The second-order valence-corrected chi connectivity index (χ2v) is 5.78. The molecular formula is C20H17N3O3. The maximum absolute atomic E-state index is 9.63. The van der Waals surface area contributed by atoms with E-state index in [0.717, 1.165) is 22.6 Å². The van der Waals surface area contributed by atoms with E-state index in [1.165, 1.54) is 0 Å². The Hall–Kier alpha value is -3.59. The van der Waals surface area contributed by atoms with E-state index in [4.69, 9.17) is 19.9 Å². The molecular weight excluding hydrogens is 330 g/mol. The number of anilines is 1. The summed E-state index contributed by atoms with van der Waals surface area (Å²) in [4.78, 5) is 0. The first-order valence-corrected chi connectivity index (χ1v) is 8.25. The van der Waals surface area contributed by atoms with Crippen LogP contribution in [0.15, 0.2) is 48.7 Å². The maximum Gasteiger partial charge on any atom is 0.231 e. The van der Waals surface area contributed by atoms with E-state index in [9.17, 15) is 5.26 Å². The van der Waals surface area contributed by atoms with Gasteiger partial charge in [-0.1, -0.05) is 12.1 Å². The van der Waals surface area contributed by atoms with Gasteiger partial charge in [0.05, 0.1) is 12.3 Å². The molecule has 0 radical (unpaired) electrons. The van der Waals surface area contributed by atoms with E-state index in [0.29, 0.717) is 29.5 Å². The number of rotatable bonds is 4. The number of fused-ring (bicyclic) bond motifs is 1. The van der Waals surface area contributed by atoms with Gasteiger partial charge in [-0.05, 0) is 36.8 Å². The summed E-state index contributed by atoms with van der Waals surface area (Å²) < 4.78 is 18.1. The van der Waals surface area contributed by atoms with Crippen LogP contribution < -0.4 is 19.9 Å². The Morgan fingerprint density at radius 2 is 2.04 bits per heavy atom. The second kappa shape index (κ2) is 6.37. The summed E-state index contributed by atoms with van der Waals surface area (Å²) in [6.45, 7) is 2.72. The molecule has 26 heavy (non-hydrogen) atoms. The summed E-state index contributed by atoms with van der Waals surface area (Å²) in [5.74, 6) is 2.50. The number of benzene rings is 2. The Morgan fingerprint density at radius 3 is 2.85 bits per heavy atom. The molecule has 0 saturated carbocycles. The highest BCUT2D eigenvalue weighted by atomic mass is 16.7. The van der Waals surface area contributed by atoms with Crippen molar-refractivity contribution in [1.82, 2.24) is 4.57 Å². The van der Waals surface area contributed by atoms with E-state index in [1.54, 1.807) is 4.57 Å². The van der Waals surface area contributed by atoms with Gasteiger partial charge in [-0.25, -0.2) is 0 Å². The summed E-state index contributed by atoms with van der Waals surface area (Å²) in [5.41, 5.74) is 9.10. The van der Waals surface area contributed by atoms with E-state index in [2.05, 4.69) is 6.07 Å². The Kier molecular flexibility index (Phi) is 3.90. The molecule has 0 bridgehead atoms. The average molecular weight is 347 g/mol. The first kappa shape index (κ1) is 15.9. The zero-order valence-corrected chi connectivity index (χ0v) is 14.2. The summed E-state index contributed by atoms with van der Waals surface area (Å²) in [6, 6.07) is 15.4. The molecule has 1 aromatic heterocycles. The number of nitrogen functional groups attached to an aromatic ring is 1. The number of hydrogen-bond acceptors (Lipinski definition) is 5. The molecule has 3 aromatic rings. The van der Waals surface area contributed by atoms with Crippen molar-refractivity contribution in [2.75, 3.05) is 19.1 Å². The van der Waals surface area contributed by atoms with Gasteiger partial charge in [-0.3, -0.25) is 0 Å². The molecule has 130 valence electrons. The predicted octanol–water partition coefficient (Wildman–Crippen LogP) is 3.73. The first-order valence-electron chi connectivity index (χ1n) is 8.25. The van der Waals surface area contributed by atoms with Gasteiger partial charge in [-0.2, -0.15) is 5.26 Å². The highest BCUT2D eigenvalue weighted by Crippen LogP contribution is 2.39. The number of nitriles is 1. The molecule has 0 amide bonds. The van der Waals surface area contributed by atoms with Crippen molar-refractivity contribution in [3.05, 3.63) is 54.2 Å². The van der Waals surface area contributed by atoms with Crippen LogP contribution in [0, 0.1) is 11.3 Å². The van der Waals surface area contributed by atoms with Gasteiger partial charge in [0.1, 0.15) is 23.2 Å². The van der Waals surface area contributed by atoms with Crippen LogP contribution in [0.5, 0.6) is 17.2 Å². The number of nitrogens with two attached hydrogens (primary N) is 1. The van der Waals surface area contributed by atoms with Gasteiger partial charge in [0.2, 0.25) is 6.79 Å². The molecule has 1 aliphatic heterocycles. The van der Waals surface area contributed by atoms with Gasteiger partial charge in [-0.15, -0.1) is 0 Å². The Balaban J connectivity index is 1.82. The molecule has 0 saturated heterocycles. The van der Waals surface area contributed by atoms with E-state index >= 15 is 0 Å². The maximum atomic E-state index is 9.63. The molecule has 4 rings (SSSR count). The number of aromatic nitrogens is 1. The molecule has 0 atom stereocenters. The van der Waals surface area contributed by atoms with Gasteiger partial charge in [0.15, 0.2) is 11.5 Å². The molecule has 6 nitrogen and oxygen atoms in total. The molecule has 0 spiro atoms. The third-order valence-corrected chi connectivity index (χ3v) is 4.25. The van der Waals surface area contributed by atoms with Gasteiger partial charge in [0.25, 0.3) is 0 Å². The Labute approximate surface area is 150 Å². The zero-order valence-electron chi connectivity index (χ0n) is 14.2. The van der Waals surface area contributed by atoms with Crippen molar-refractivity contribution in [3.8, 4) is 40.1 Å². The van der Waals surface area contributed by atoms with Crippen molar-refractivity contribution in [2.45, 2.75) is 6.92 Å². The fraction of sp³-hybridized carbons (Fsp3) is 0.150. The fourth-order valence-electron chi connectivity index (χ4n) is 3.03. The van der Waals surface area contributed by atoms with Crippen molar-refractivity contribution >= 4 is 5.82 Å². The van der Waals surface area contributed by atoms with Crippen LogP contribution >= 0.6 is 0 Å². The minimum absolute atomic E-state index is 0.206. The van der Waals surface area contributed by atoms with Crippen LogP contribution in [-0.2, 0) is 0 Å². The summed E-state index contributed by atoms with van der Waals surface area (Å²) in [5, 5.41) is 9.63. The van der Waals surface area contributed by atoms with Gasteiger partial charge < -0.3 is 24.5 Å². The molecule has 0 fully saturated rings. The molecule has 0 aliphatic carbocycles. The van der Waals surface area contributed by atoms with Crippen LogP contribution in [0.3, 0.4) is 0 Å². The molecule has 2 N–H and O–H groups in total. The first-order chi connectivity index (χ1) is 12.7. The monoisotopic (exact) mass is 347 g/mol. The number of hydrogen-bond donors (Lipinski definition) is 1. The van der Waals surface area contributed by atoms with Crippen molar-refractivity contribution in [1.29, 1.82) is 5.26 Å². The Bertz CT molecular complexity index is 1020. The third kappa shape index (κ3) is 2.60. The van der Waals surface area contributed by atoms with E-state index < -0.39 is 0 Å². The minimum Gasteiger partial charge on any atom is -0.494 e. The highest BCUT2D eigenvalue weighted by Gasteiger charge is 2.19. The largest absolute Gasteiger partial charge is 0.494 e. The molecule has 1 aliphatic rings. The average Bonchev–Trinajstić information content (AvgIpc) is 3.25. The molecule has 2 heterocycles. The van der Waals surface area contributed by atoms with Crippen molar-refractivity contribution in [2.24, 2.45) is 0 Å². The normalized spacial score (nSPS) is 12.0. The van der Waals surface area contributed by atoms with Crippen LogP contribution in [0.25, 0.3) is 16.8 Å². The topological polar surface area (TPSA) is 82.4 Å². The molecule has 2 aromatic carbocycles. The van der Waals surface area contributed by atoms with E-state index in [-0.39, 0.29) is 6.79 Å². The Morgan fingerprint density at radius 1 is 1.19 bits per heavy atom. The van der Waals surface area contributed by atoms with Crippen LogP contribution in [0.2, 0.25) is 0 Å². The summed E-state index contributed by atoms with van der Waals surface area (Å²) in [6.07, 6.45) is 1.86. The van der Waals surface area contributed by atoms with Crippen LogP contribution in [0.4, 0.5) is 5.82 Å². The van der Waals surface area contributed by atoms with Gasteiger partial charge >= 0.3 is 0 Å². The van der Waals surface area contributed by atoms with Crippen LogP contribution in [0.1, 0.15) is 12.5 Å². The van der Waals surface area contributed by atoms with Crippen molar-refractivity contribution < 1.29 is 14.2 Å². The lowest BCUT2D eigenvalue weighted by molar-refractivity contribution is 0.174. The zero-order chi connectivity index (χ0) is 18.1. The highest BCUT2D eigenvalue weighted by molar-refractivity contribution is 5.79. The predicted molar refractivity (Wildman–Crippen MR) is 97.6 cm³/mol. The standard InChI is InChI=1S/C20H17N3O3/c1-2-24-15-5-3-4-14(9-15)23-11-17(16(10-21)20(23)22)13-6-7-18-19(8-13)26-12-25-18/h3-9,11H,2,12,22H2,1H3. The fourth-order valence-corrected chi connectivity index (χ4v) is 3.03. The second-order valence-electron chi connectivity index (χ2n) is 5.78. The number of nitrogens with zero attached hydrogens (tertiary/aromatic N) is 2. The third-order valence-electron chi connectivity index (χ3n) is 4.25. The lowest BCUT2D eigenvalue weighted by Crippen LogP contribution is -2.00. The van der Waals surface area contributed by atoms with E-state index in [1.807, 2.05) is 55.6 Å². The lowest BCUT2D eigenvalue weighted by atomic mass is 10.0. The van der Waals surface area contributed by atoms with Crippen molar-refractivity contribution in [3.63, 3.8) is 0 Å². The minimum atomic E-state index is 0.206. The summed E-state index contributed by atoms with van der Waals surface area (Å²) in [7, 11) is 0. The molecule has 0 unspecified atom stereocenters. The summed E-state index contributed by atoms with van der Waals surface area (Å²) >= 11 is 0.